The molecule has 1 aliphatic heterocycles. The first kappa shape index (κ1) is 25.7. The molecule has 0 radical (unpaired) electrons. The van der Waals surface area contributed by atoms with E-state index in [2.05, 4.69) is 20.7 Å². The van der Waals surface area contributed by atoms with Gasteiger partial charge in [0.1, 0.15) is 31.3 Å². The highest BCUT2D eigenvalue weighted by Crippen LogP contribution is 2.37. The summed E-state index contributed by atoms with van der Waals surface area (Å²) in [4.78, 5) is 30.5. The molecule has 0 saturated heterocycles. The fourth-order valence-corrected chi connectivity index (χ4v) is 5.13. The Morgan fingerprint density at radius 2 is 1.90 bits per heavy atom. The van der Waals surface area contributed by atoms with Crippen molar-refractivity contribution in [3.63, 3.8) is 0 Å². The molecule has 0 spiro atoms. The van der Waals surface area contributed by atoms with Gasteiger partial charge in [0.2, 0.25) is 5.82 Å². The second-order valence-corrected chi connectivity index (χ2v) is 9.91. The van der Waals surface area contributed by atoms with Gasteiger partial charge in [-0.3, -0.25) is 14.5 Å². The number of anilines is 1. The minimum atomic E-state index is -1.08. The van der Waals surface area contributed by atoms with Crippen LogP contribution in [0, 0.1) is 6.92 Å². The summed E-state index contributed by atoms with van der Waals surface area (Å²) in [5.74, 6) is 2.01. The predicted molar refractivity (Wildman–Crippen MR) is 142 cm³/mol. The van der Waals surface area contributed by atoms with Crippen molar-refractivity contribution < 1.29 is 27.9 Å². The van der Waals surface area contributed by atoms with Gasteiger partial charge < -0.3 is 23.6 Å². The number of tetrazole rings is 1. The van der Waals surface area contributed by atoms with Crippen LogP contribution in [0.15, 0.2) is 57.6 Å². The SMILES string of the molecule is Cc1ccc(-c2nnn(CC(=O)N(c3ccc4c(c3)OCCO4)[C@H](C(=O)NC3CCCCC3)c3ccco3)n2)o1. The number of rotatable bonds is 8. The molecule has 4 heterocycles. The highest BCUT2D eigenvalue weighted by atomic mass is 16.6. The Morgan fingerprint density at radius 1 is 1.07 bits per heavy atom. The summed E-state index contributed by atoms with van der Waals surface area (Å²) in [7, 11) is 0. The molecule has 1 fully saturated rings. The molecule has 1 aromatic carbocycles. The van der Waals surface area contributed by atoms with Crippen LogP contribution in [-0.4, -0.2) is 51.3 Å². The maximum Gasteiger partial charge on any atom is 0.251 e. The van der Waals surface area contributed by atoms with Crippen LogP contribution >= 0.6 is 0 Å². The van der Waals surface area contributed by atoms with Crippen LogP contribution in [0.3, 0.4) is 0 Å². The van der Waals surface area contributed by atoms with E-state index in [4.69, 9.17) is 18.3 Å². The third kappa shape index (κ3) is 5.42. The number of benzene rings is 1. The van der Waals surface area contributed by atoms with Crippen LogP contribution < -0.4 is 19.7 Å². The molecule has 208 valence electrons. The van der Waals surface area contributed by atoms with Crippen molar-refractivity contribution in [1.82, 2.24) is 25.5 Å². The van der Waals surface area contributed by atoms with Gasteiger partial charge in [-0.2, -0.15) is 4.80 Å². The van der Waals surface area contributed by atoms with Crippen molar-refractivity contribution in [2.75, 3.05) is 18.1 Å². The lowest BCUT2D eigenvalue weighted by Gasteiger charge is -2.32. The van der Waals surface area contributed by atoms with Gasteiger partial charge in [0.05, 0.1) is 6.26 Å². The third-order valence-electron chi connectivity index (χ3n) is 7.03. The molecule has 1 atom stereocenters. The van der Waals surface area contributed by atoms with Crippen molar-refractivity contribution >= 4 is 17.5 Å². The van der Waals surface area contributed by atoms with E-state index < -0.39 is 11.9 Å². The standard InChI is InChI=1S/C28H30N6O6/c1-18-9-11-23(40-18)27-30-32-33(31-27)17-25(35)34(20-10-12-21-24(16-20)39-15-14-38-21)26(22-8-5-13-37-22)28(36)29-19-6-3-2-4-7-19/h5,8-13,16,19,26H,2-4,6-7,14-15,17H2,1H3,(H,29,36)/t26-/m0/s1. The van der Waals surface area contributed by atoms with Gasteiger partial charge in [0.15, 0.2) is 23.3 Å². The number of aryl methyl sites for hydroxylation is 1. The number of carbonyl (C=O) groups excluding carboxylic acids is 2. The van der Waals surface area contributed by atoms with Gasteiger partial charge in [-0.15, -0.1) is 10.2 Å². The molecule has 40 heavy (non-hydrogen) atoms. The number of nitrogens with one attached hydrogen (secondary N) is 1. The predicted octanol–water partition coefficient (Wildman–Crippen LogP) is 3.83. The minimum Gasteiger partial charge on any atom is -0.486 e. The zero-order valence-corrected chi connectivity index (χ0v) is 22.1. The summed E-state index contributed by atoms with van der Waals surface area (Å²) >= 11 is 0. The van der Waals surface area contributed by atoms with Gasteiger partial charge in [-0.25, -0.2) is 0 Å². The fourth-order valence-electron chi connectivity index (χ4n) is 5.13. The molecular formula is C28H30N6O6. The van der Waals surface area contributed by atoms with E-state index in [-0.39, 0.29) is 24.3 Å². The molecule has 12 nitrogen and oxygen atoms in total. The molecule has 2 aliphatic rings. The Balaban J connectivity index is 1.35. The van der Waals surface area contributed by atoms with Gasteiger partial charge in [0, 0.05) is 17.8 Å². The van der Waals surface area contributed by atoms with Gasteiger partial charge in [-0.1, -0.05) is 19.3 Å². The molecule has 4 aromatic rings. The fraction of sp³-hybridized carbons (Fsp3) is 0.393. The lowest BCUT2D eigenvalue weighted by molar-refractivity contribution is -0.128. The number of carbonyl (C=O) groups is 2. The zero-order valence-electron chi connectivity index (χ0n) is 22.1. The first-order chi connectivity index (χ1) is 19.5. The molecular weight excluding hydrogens is 516 g/mol. The smallest absolute Gasteiger partial charge is 0.251 e. The number of furan rings is 2. The largest absolute Gasteiger partial charge is 0.486 e. The number of nitrogens with zero attached hydrogens (tertiary/aromatic N) is 5. The van der Waals surface area contributed by atoms with E-state index >= 15 is 0 Å². The average Bonchev–Trinajstić information content (AvgIpc) is 3.75. The van der Waals surface area contributed by atoms with Gasteiger partial charge in [-0.05, 0) is 61.4 Å². The lowest BCUT2D eigenvalue weighted by atomic mass is 9.95. The number of fused-ring (bicyclic) bond motifs is 1. The summed E-state index contributed by atoms with van der Waals surface area (Å²) in [6, 6.07) is 11.0. The average molecular weight is 547 g/mol. The second kappa shape index (κ2) is 11.2. The Labute approximate surface area is 230 Å². The minimum absolute atomic E-state index is 0.0345. The summed E-state index contributed by atoms with van der Waals surface area (Å²) in [5.41, 5.74) is 0.441. The van der Waals surface area contributed by atoms with Crippen molar-refractivity contribution in [2.24, 2.45) is 0 Å². The summed E-state index contributed by atoms with van der Waals surface area (Å²) < 4.78 is 22.8. The van der Waals surface area contributed by atoms with Crippen molar-refractivity contribution in [3.05, 3.63) is 60.2 Å². The molecule has 12 heteroatoms. The topological polar surface area (TPSA) is 138 Å². The van der Waals surface area contributed by atoms with Crippen LogP contribution in [0.2, 0.25) is 0 Å². The number of hydrogen-bond acceptors (Lipinski definition) is 9. The van der Waals surface area contributed by atoms with Crippen LogP contribution in [0.25, 0.3) is 11.6 Å². The number of ether oxygens (including phenoxy) is 2. The van der Waals surface area contributed by atoms with Crippen LogP contribution in [0.1, 0.15) is 49.7 Å². The lowest BCUT2D eigenvalue weighted by Crippen LogP contribution is -2.48. The molecule has 0 unspecified atom stereocenters. The van der Waals surface area contributed by atoms with E-state index in [0.29, 0.717) is 47.7 Å². The molecule has 2 amide bonds. The number of aromatic nitrogens is 4. The second-order valence-electron chi connectivity index (χ2n) is 9.91. The first-order valence-electron chi connectivity index (χ1n) is 13.5. The van der Waals surface area contributed by atoms with E-state index in [1.54, 1.807) is 42.5 Å². The molecule has 6 rings (SSSR count). The highest BCUT2D eigenvalue weighted by Gasteiger charge is 2.37. The molecule has 1 saturated carbocycles. The third-order valence-corrected chi connectivity index (χ3v) is 7.03. The summed E-state index contributed by atoms with van der Waals surface area (Å²) in [6.07, 6.45) is 6.53. The monoisotopic (exact) mass is 546 g/mol. The Bertz CT molecular complexity index is 1470. The van der Waals surface area contributed by atoms with Crippen LogP contribution in [0.4, 0.5) is 5.69 Å². The van der Waals surface area contributed by atoms with Gasteiger partial charge in [0.25, 0.3) is 11.8 Å². The van der Waals surface area contributed by atoms with E-state index in [1.165, 1.54) is 16.0 Å². The maximum absolute atomic E-state index is 14.0. The van der Waals surface area contributed by atoms with E-state index in [0.717, 1.165) is 32.1 Å². The Hall–Kier alpha value is -4.61. The quantitative estimate of drug-likeness (QED) is 0.349. The number of amides is 2. The molecule has 1 aliphatic carbocycles. The van der Waals surface area contributed by atoms with Crippen LogP contribution in [0.5, 0.6) is 11.5 Å². The van der Waals surface area contributed by atoms with Gasteiger partial charge >= 0.3 is 0 Å². The zero-order chi connectivity index (χ0) is 27.5. The molecule has 1 N–H and O–H groups in total. The van der Waals surface area contributed by atoms with E-state index in [9.17, 15) is 9.59 Å². The Morgan fingerprint density at radius 3 is 2.65 bits per heavy atom. The normalized spacial score (nSPS) is 15.9. The maximum atomic E-state index is 14.0. The van der Waals surface area contributed by atoms with Crippen molar-refractivity contribution in [2.45, 2.75) is 57.7 Å². The van der Waals surface area contributed by atoms with Crippen LogP contribution in [-0.2, 0) is 16.1 Å². The highest BCUT2D eigenvalue weighted by molar-refractivity contribution is 6.01. The van der Waals surface area contributed by atoms with Crippen molar-refractivity contribution in [3.8, 4) is 23.1 Å². The molecule has 3 aromatic heterocycles. The first-order valence-corrected chi connectivity index (χ1v) is 13.5. The van der Waals surface area contributed by atoms with E-state index in [1.807, 2.05) is 6.92 Å². The summed E-state index contributed by atoms with van der Waals surface area (Å²) in [6.45, 7) is 2.35. The van der Waals surface area contributed by atoms with Crippen molar-refractivity contribution in [1.29, 1.82) is 0 Å². The Kier molecular flexibility index (Phi) is 7.21. The molecule has 0 bridgehead atoms. The number of hydrogen-bond donors (Lipinski definition) is 1. The summed E-state index contributed by atoms with van der Waals surface area (Å²) in [5, 5.41) is 15.6.